The molecule has 3 fully saturated rings. The van der Waals surface area contributed by atoms with E-state index in [2.05, 4.69) is 23.2 Å². The number of carbonyl (C=O) groups is 2. The largest absolute Gasteiger partial charge is 0.381 e. The van der Waals surface area contributed by atoms with Gasteiger partial charge in [-0.1, -0.05) is 17.9 Å². The van der Waals surface area contributed by atoms with Gasteiger partial charge in [0, 0.05) is 24.0 Å². The molecule has 3 aliphatic carbocycles. The first-order valence-corrected chi connectivity index (χ1v) is 10.9. The third-order valence-electron chi connectivity index (χ3n) is 7.47. The van der Waals surface area contributed by atoms with Crippen LogP contribution in [0.1, 0.15) is 55.2 Å². The van der Waals surface area contributed by atoms with E-state index in [0.717, 1.165) is 66.5 Å². The van der Waals surface area contributed by atoms with Crippen molar-refractivity contribution in [3.8, 4) is 11.8 Å². The second kappa shape index (κ2) is 7.09. The number of urea groups is 1. The van der Waals surface area contributed by atoms with Crippen LogP contribution in [0.5, 0.6) is 0 Å². The number of hydrogen-bond acceptors (Lipinski definition) is 3. The first kappa shape index (κ1) is 19.6. The summed E-state index contributed by atoms with van der Waals surface area (Å²) in [6, 6.07) is 5.57. The van der Waals surface area contributed by atoms with Gasteiger partial charge in [0.05, 0.1) is 12.6 Å². The second-order valence-electron chi connectivity index (χ2n) is 9.13. The van der Waals surface area contributed by atoms with E-state index in [1.54, 1.807) is 7.11 Å². The summed E-state index contributed by atoms with van der Waals surface area (Å²) in [6.45, 7) is -0.951. The maximum Gasteiger partial charge on any atom is 0.325 e. The van der Waals surface area contributed by atoms with Gasteiger partial charge in [-0.2, -0.15) is 0 Å². The Bertz CT molecular complexity index is 953. The number of halogens is 1. The average molecular weight is 410 g/mol. The normalized spacial score (nSPS) is 32.3. The zero-order chi connectivity index (χ0) is 20.9. The fourth-order valence-electron chi connectivity index (χ4n) is 5.69. The molecule has 30 heavy (non-hydrogen) atoms. The number of nitrogens with one attached hydrogen (secondary N) is 1. The Morgan fingerprint density at radius 1 is 1.23 bits per heavy atom. The lowest BCUT2D eigenvalue weighted by molar-refractivity contribution is -0.138. The Hall–Kier alpha value is -2.39. The van der Waals surface area contributed by atoms with Crippen molar-refractivity contribution in [3.63, 3.8) is 0 Å². The van der Waals surface area contributed by atoms with Crippen LogP contribution in [0.2, 0.25) is 0 Å². The number of methoxy groups -OCH3 is 1. The number of hydrogen-bond donors (Lipinski definition) is 1. The zero-order valence-electron chi connectivity index (χ0n) is 17.3. The molecule has 158 valence electrons. The van der Waals surface area contributed by atoms with E-state index >= 15 is 0 Å². The highest BCUT2D eigenvalue weighted by Gasteiger charge is 2.68. The Morgan fingerprint density at radius 3 is 2.67 bits per heavy atom. The molecule has 2 spiro atoms. The number of ether oxygens (including phenoxy) is 1. The molecule has 1 aliphatic heterocycles. The van der Waals surface area contributed by atoms with Crippen LogP contribution < -0.4 is 5.32 Å². The quantitative estimate of drug-likeness (QED) is 0.615. The van der Waals surface area contributed by atoms with E-state index < -0.39 is 23.7 Å². The molecule has 1 aromatic rings. The van der Waals surface area contributed by atoms with Gasteiger partial charge in [-0.25, -0.2) is 9.18 Å². The van der Waals surface area contributed by atoms with Gasteiger partial charge in [0.2, 0.25) is 0 Å². The Kier molecular flexibility index (Phi) is 4.62. The van der Waals surface area contributed by atoms with Crippen LogP contribution in [0, 0.1) is 23.2 Å². The molecule has 2 saturated carbocycles. The SMILES string of the molecule is COC1CCC2(CC1)Cc1ccc(C#CC3CC3)cc1C21NC(=O)N(CCF)C1=O. The molecule has 0 bridgehead atoms. The molecule has 0 aromatic heterocycles. The minimum Gasteiger partial charge on any atom is -0.381 e. The average Bonchev–Trinajstić information content (AvgIpc) is 3.51. The summed E-state index contributed by atoms with van der Waals surface area (Å²) in [5.41, 5.74) is 1.25. The molecular weight excluding hydrogens is 383 g/mol. The van der Waals surface area contributed by atoms with Crippen LogP contribution in [-0.4, -0.2) is 43.3 Å². The lowest BCUT2D eigenvalue weighted by atomic mass is 9.61. The van der Waals surface area contributed by atoms with Crippen LogP contribution in [0.15, 0.2) is 18.2 Å². The molecule has 1 heterocycles. The minimum atomic E-state index is -1.13. The fraction of sp³-hybridized carbons (Fsp3) is 0.583. The van der Waals surface area contributed by atoms with Crippen molar-refractivity contribution in [2.75, 3.05) is 20.3 Å². The standard InChI is InChI=1S/C24H27FN2O3/c1-30-19-8-10-23(11-9-19)15-18-7-6-17(5-4-16-2-3-16)14-20(18)24(23)21(28)27(13-12-25)22(29)26-24/h6-7,14,16,19H,2-3,8-13,15H2,1H3,(H,26,29). The highest BCUT2D eigenvalue weighted by atomic mass is 19.1. The number of nitrogens with zero attached hydrogens (tertiary/aromatic N) is 1. The Morgan fingerprint density at radius 2 is 2.00 bits per heavy atom. The van der Waals surface area contributed by atoms with Gasteiger partial charge in [0.1, 0.15) is 6.67 Å². The van der Waals surface area contributed by atoms with Crippen molar-refractivity contribution >= 4 is 11.9 Å². The molecule has 1 N–H and O–H groups in total. The van der Waals surface area contributed by atoms with Gasteiger partial charge in [0.15, 0.2) is 5.54 Å². The van der Waals surface area contributed by atoms with Gasteiger partial charge in [-0.3, -0.25) is 9.69 Å². The number of rotatable bonds is 3. The van der Waals surface area contributed by atoms with E-state index in [4.69, 9.17) is 4.74 Å². The lowest BCUT2D eigenvalue weighted by Gasteiger charge is -2.46. The molecule has 5 nitrogen and oxygen atoms in total. The van der Waals surface area contributed by atoms with E-state index in [9.17, 15) is 14.0 Å². The summed E-state index contributed by atoms with van der Waals surface area (Å²) >= 11 is 0. The fourth-order valence-corrected chi connectivity index (χ4v) is 5.69. The highest BCUT2D eigenvalue weighted by molar-refractivity contribution is 6.09. The van der Waals surface area contributed by atoms with Crippen LogP contribution in [0.25, 0.3) is 0 Å². The number of benzene rings is 1. The third-order valence-corrected chi connectivity index (χ3v) is 7.47. The Labute approximate surface area is 176 Å². The summed E-state index contributed by atoms with van der Waals surface area (Å²) < 4.78 is 18.7. The smallest absolute Gasteiger partial charge is 0.325 e. The maximum atomic E-state index is 13.7. The summed E-state index contributed by atoms with van der Waals surface area (Å²) in [7, 11) is 1.72. The summed E-state index contributed by atoms with van der Waals surface area (Å²) in [5, 5.41) is 3.05. The van der Waals surface area contributed by atoms with Gasteiger partial charge < -0.3 is 10.1 Å². The number of imide groups is 1. The van der Waals surface area contributed by atoms with Gasteiger partial charge in [-0.05, 0) is 68.2 Å². The van der Waals surface area contributed by atoms with Crippen molar-refractivity contribution in [2.24, 2.45) is 11.3 Å². The molecule has 3 amide bonds. The molecule has 1 saturated heterocycles. The van der Waals surface area contributed by atoms with E-state index in [-0.39, 0.29) is 18.6 Å². The highest BCUT2D eigenvalue weighted by Crippen LogP contribution is 2.60. The maximum absolute atomic E-state index is 13.7. The second-order valence-corrected chi connectivity index (χ2v) is 9.13. The van der Waals surface area contributed by atoms with Crippen molar-refractivity contribution in [3.05, 3.63) is 34.9 Å². The van der Waals surface area contributed by atoms with E-state index in [1.807, 2.05) is 12.1 Å². The third kappa shape index (κ3) is 2.79. The van der Waals surface area contributed by atoms with Gasteiger partial charge >= 0.3 is 6.03 Å². The number of carbonyl (C=O) groups excluding carboxylic acids is 2. The summed E-state index contributed by atoms with van der Waals surface area (Å²) in [6.07, 6.45) is 6.43. The summed E-state index contributed by atoms with van der Waals surface area (Å²) in [5.74, 6) is 6.69. The molecule has 5 rings (SSSR count). The monoisotopic (exact) mass is 410 g/mol. The molecule has 1 aromatic carbocycles. The van der Waals surface area contributed by atoms with Crippen LogP contribution in [-0.2, 0) is 21.5 Å². The molecule has 0 radical (unpaired) electrons. The van der Waals surface area contributed by atoms with Crippen molar-refractivity contribution in [2.45, 2.75) is 56.6 Å². The zero-order valence-corrected chi connectivity index (χ0v) is 17.3. The van der Waals surface area contributed by atoms with E-state index in [1.165, 1.54) is 0 Å². The van der Waals surface area contributed by atoms with Gasteiger partial charge in [0.25, 0.3) is 5.91 Å². The first-order chi connectivity index (χ1) is 14.5. The molecule has 6 heteroatoms. The van der Waals surface area contributed by atoms with Gasteiger partial charge in [-0.15, -0.1) is 0 Å². The molecule has 1 atom stereocenters. The predicted octanol–water partition coefficient (Wildman–Crippen LogP) is 3.30. The van der Waals surface area contributed by atoms with Crippen LogP contribution >= 0.6 is 0 Å². The van der Waals surface area contributed by atoms with Crippen LogP contribution in [0.3, 0.4) is 0 Å². The number of amides is 3. The van der Waals surface area contributed by atoms with Crippen molar-refractivity contribution in [1.82, 2.24) is 10.2 Å². The molecule has 1 unspecified atom stereocenters. The topological polar surface area (TPSA) is 58.6 Å². The summed E-state index contributed by atoms with van der Waals surface area (Å²) in [4.78, 5) is 27.5. The predicted molar refractivity (Wildman–Crippen MR) is 109 cm³/mol. The number of fused-ring (bicyclic) bond motifs is 3. The van der Waals surface area contributed by atoms with E-state index in [0.29, 0.717) is 5.92 Å². The first-order valence-electron chi connectivity index (χ1n) is 10.9. The van der Waals surface area contributed by atoms with Crippen molar-refractivity contribution < 1.29 is 18.7 Å². The Balaban J connectivity index is 1.60. The lowest BCUT2D eigenvalue weighted by Crippen LogP contribution is -2.56. The number of alkyl halides is 1. The molecule has 4 aliphatic rings. The minimum absolute atomic E-state index is 0.172. The van der Waals surface area contributed by atoms with Crippen LogP contribution in [0.4, 0.5) is 9.18 Å². The molecular formula is C24H27FN2O3. The van der Waals surface area contributed by atoms with Crippen molar-refractivity contribution in [1.29, 1.82) is 0 Å².